The van der Waals surface area contributed by atoms with Gasteiger partial charge in [0.2, 0.25) is 5.91 Å². The molecule has 1 aromatic rings. The van der Waals surface area contributed by atoms with Gasteiger partial charge in [0.25, 0.3) is 0 Å². The van der Waals surface area contributed by atoms with Crippen molar-refractivity contribution in [2.75, 3.05) is 6.61 Å². The number of ether oxygens (including phenoxy) is 1. The van der Waals surface area contributed by atoms with E-state index in [1.165, 1.54) is 37.7 Å². The molecule has 200 valence electrons. The molecule has 0 spiro atoms. The number of amides is 1. The van der Waals surface area contributed by atoms with E-state index in [4.69, 9.17) is 4.74 Å². The average molecular weight is 559 g/mol. The zero-order valence-corrected chi connectivity index (χ0v) is 25.2. The number of allylic oxidation sites excluding steroid dienone is 2. The van der Waals surface area contributed by atoms with E-state index in [0.29, 0.717) is 23.2 Å². The van der Waals surface area contributed by atoms with Gasteiger partial charge in [0.15, 0.2) is 0 Å². The van der Waals surface area contributed by atoms with E-state index in [0.717, 1.165) is 37.0 Å². The Morgan fingerprint density at radius 2 is 1.97 bits per heavy atom. The van der Waals surface area contributed by atoms with E-state index >= 15 is 0 Å². The van der Waals surface area contributed by atoms with Gasteiger partial charge in [0.1, 0.15) is 5.75 Å². The molecule has 3 nitrogen and oxygen atoms in total. The highest BCUT2D eigenvalue weighted by Crippen LogP contribution is 2.62. The Hall–Kier alpha value is -1.29. The van der Waals surface area contributed by atoms with Crippen LogP contribution in [0.1, 0.15) is 104 Å². The molecule has 6 atom stereocenters. The fourth-order valence-electron chi connectivity index (χ4n) is 7.72. The number of aryl methyl sites for hydroxylation is 1. The predicted molar refractivity (Wildman–Crippen MR) is 154 cm³/mol. The minimum atomic E-state index is -0.241. The molecular formula is C32H48BrNO2. The van der Waals surface area contributed by atoms with Gasteiger partial charge in [-0.15, -0.1) is 0 Å². The molecule has 36 heavy (non-hydrogen) atoms. The van der Waals surface area contributed by atoms with Crippen LogP contribution in [0.25, 0.3) is 0 Å². The molecule has 0 aromatic heterocycles. The monoisotopic (exact) mass is 557 g/mol. The highest BCUT2D eigenvalue weighted by molar-refractivity contribution is 9.09. The summed E-state index contributed by atoms with van der Waals surface area (Å²) in [4.78, 5) is 11.9. The van der Waals surface area contributed by atoms with E-state index in [-0.39, 0.29) is 16.3 Å². The molecule has 4 heteroatoms. The first-order valence-electron chi connectivity index (χ1n) is 14.3. The van der Waals surface area contributed by atoms with Crippen molar-refractivity contribution < 1.29 is 9.53 Å². The van der Waals surface area contributed by atoms with Crippen LogP contribution in [0.3, 0.4) is 0 Å². The van der Waals surface area contributed by atoms with Crippen molar-refractivity contribution in [3.05, 3.63) is 41.0 Å². The van der Waals surface area contributed by atoms with E-state index in [2.05, 4.69) is 87.1 Å². The fourth-order valence-corrected chi connectivity index (χ4v) is 8.10. The van der Waals surface area contributed by atoms with Gasteiger partial charge >= 0.3 is 0 Å². The second kappa shape index (κ2) is 10.8. The molecule has 3 aliphatic carbocycles. The van der Waals surface area contributed by atoms with Gasteiger partial charge in [0.05, 0.1) is 6.61 Å². The third kappa shape index (κ3) is 5.59. The molecular weight excluding hydrogens is 510 g/mol. The van der Waals surface area contributed by atoms with Crippen molar-refractivity contribution in [3.63, 3.8) is 0 Å². The summed E-state index contributed by atoms with van der Waals surface area (Å²) in [6, 6.07) is 6.95. The molecule has 1 unspecified atom stereocenters. The summed E-state index contributed by atoms with van der Waals surface area (Å²) in [5.74, 6) is 4.50. The largest absolute Gasteiger partial charge is 0.493 e. The SMILES string of the molecule is CC(=O)NC(C)(C)C(Br)CC[C@@H](C)C1=CC[C@H]2[C@@H]3CCc4cc(OCC(C)C)ccc4[C@H]3CC[C@]12C. The van der Waals surface area contributed by atoms with E-state index < -0.39 is 0 Å². The summed E-state index contributed by atoms with van der Waals surface area (Å²) in [6.07, 6.45) is 11.2. The van der Waals surface area contributed by atoms with Crippen LogP contribution in [-0.2, 0) is 11.2 Å². The van der Waals surface area contributed by atoms with Gasteiger partial charge in [-0.05, 0) is 117 Å². The Labute approximate surface area is 228 Å². The number of alkyl halides is 1. The minimum absolute atomic E-state index is 0.0384. The van der Waals surface area contributed by atoms with Crippen molar-refractivity contribution in [3.8, 4) is 5.75 Å². The van der Waals surface area contributed by atoms with Crippen molar-refractivity contribution in [2.24, 2.45) is 29.1 Å². The smallest absolute Gasteiger partial charge is 0.217 e. The molecule has 4 rings (SSSR count). The van der Waals surface area contributed by atoms with Crippen molar-refractivity contribution in [1.82, 2.24) is 5.32 Å². The fraction of sp³-hybridized carbons (Fsp3) is 0.719. The van der Waals surface area contributed by atoms with Crippen molar-refractivity contribution in [2.45, 2.75) is 110 Å². The van der Waals surface area contributed by atoms with E-state index in [1.807, 2.05) is 0 Å². The van der Waals surface area contributed by atoms with Crippen LogP contribution >= 0.6 is 15.9 Å². The molecule has 1 N–H and O–H groups in total. The molecule has 1 amide bonds. The average Bonchev–Trinajstić information content (AvgIpc) is 3.17. The molecule has 0 radical (unpaired) electrons. The van der Waals surface area contributed by atoms with Gasteiger partial charge in [-0.3, -0.25) is 4.79 Å². The van der Waals surface area contributed by atoms with Gasteiger partial charge in [-0.1, -0.05) is 61.3 Å². The van der Waals surface area contributed by atoms with Crippen LogP contribution in [0, 0.1) is 29.1 Å². The van der Waals surface area contributed by atoms with Crippen LogP contribution in [0.5, 0.6) is 5.75 Å². The van der Waals surface area contributed by atoms with E-state index in [1.54, 1.807) is 18.1 Å². The summed E-state index contributed by atoms with van der Waals surface area (Å²) < 4.78 is 6.04. The quantitative estimate of drug-likeness (QED) is 0.245. The number of hydrogen-bond donors (Lipinski definition) is 1. The van der Waals surface area contributed by atoms with E-state index in [9.17, 15) is 4.79 Å². The maximum absolute atomic E-state index is 11.6. The molecule has 0 aliphatic heterocycles. The van der Waals surface area contributed by atoms with Crippen LogP contribution in [-0.4, -0.2) is 22.9 Å². The lowest BCUT2D eigenvalue weighted by Crippen LogP contribution is -2.49. The Morgan fingerprint density at radius 1 is 1.22 bits per heavy atom. The summed E-state index contributed by atoms with van der Waals surface area (Å²) in [5, 5.41) is 3.11. The van der Waals surface area contributed by atoms with Gasteiger partial charge in [0, 0.05) is 17.3 Å². The second-order valence-electron chi connectivity index (χ2n) is 13.2. The first-order valence-corrected chi connectivity index (χ1v) is 15.2. The lowest BCUT2D eigenvalue weighted by Gasteiger charge is -2.51. The number of halogens is 1. The maximum Gasteiger partial charge on any atom is 0.217 e. The van der Waals surface area contributed by atoms with Crippen molar-refractivity contribution in [1.29, 1.82) is 0 Å². The summed E-state index contributed by atoms with van der Waals surface area (Å²) in [7, 11) is 0. The topological polar surface area (TPSA) is 38.3 Å². The molecule has 0 saturated heterocycles. The van der Waals surface area contributed by atoms with Crippen molar-refractivity contribution >= 4 is 21.8 Å². The third-order valence-corrected chi connectivity index (χ3v) is 11.2. The Morgan fingerprint density at radius 3 is 2.67 bits per heavy atom. The highest BCUT2D eigenvalue weighted by atomic mass is 79.9. The summed E-state index contributed by atoms with van der Waals surface area (Å²) in [5.41, 5.74) is 4.95. The summed E-state index contributed by atoms with van der Waals surface area (Å²) >= 11 is 3.89. The van der Waals surface area contributed by atoms with Gasteiger partial charge < -0.3 is 10.1 Å². The lowest BCUT2D eigenvalue weighted by atomic mass is 9.53. The molecule has 0 heterocycles. The number of hydrogen-bond acceptors (Lipinski definition) is 2. The number of carbonyl (C=O) groups is 1. The van der Waals surface area contributed by atoms with Crippen LogP contribution in [0.2, 0.25) is 0 Å². The Bertz CT molecular complexity index is 982. The molecule has 1 aromatic carbocycles. The predicted octanol–water partition coefficient (Wildman–Crippen LogP) is 8.21. The summed E-state index contributed by atoms with van der Waals surface area (Å²) in [6.45, 7) is 16.1. The number of nitrogens with one attached hydrogen (secondary N) is 1. The standard InChI is InChI=1S/C32H48BrNO2/c1-20(2)19-36-24-10-12-25-23(18-24)9-11-27-26(25)16-17-32(7)28(13-14-29(27)32)21(3)8-15-30(33)31(5,6)34-22(4)35/h10,12-13,18,20-21,26-27,29-30H,8-9,11,14-17,19H2,1-7H3,(H,34,35)/t21-,26-,27-,29+,30?,32-/m1/s1. The third-order valence-electron chi connectivity index (χ3n) is 9.59. The Balaban J connectivity index is 1.41. The van der Waals surface area contributed by atoms with Gasteiger partial charge in [-0.25, -0.2) is 0 Å². The number of benzene rings is 1. The molecule has 3 aliphatic rings. The van der Waals surface area contributed by atoms with Crippen LogP contribution in [0.4, 0.5) is 0 Å². The Kier molecular flexibility index (Phi) is 8.34. The van der Waals surface area contributed by atoms with Gasteiger partial charge in [-0.2, -0.15) is 0 Å². The zero-order valence-electron chi connectivity index (χ0n) is 23.6. The molecule has 0 bridgehead atoms. The maximum atomic E-state index is 11.6. The van der Waals surface area contributed by atoms with Crippen LogP contribution < -0.4 is 10.1 Å². The first-order chi connectivity index (χ1) is 16.9. The number of fused-ring (bicyclic) bond motifs is 5. The minimum Gasteiger partial charge on any atom is -0.493 e. The highest BCUT2D eigenvalue weighted by Gasteiger charge is 2.52. The zero-order chi connectivity index (χ0) is 26.3. The molecule has 1 saturated carbocycles. The normalized spacial score (nSPS) is 29.0. The second-order valence-corrected chi connectivity index (χ2v) is 14.3. The number of carbonyl (C=O) groups excluding carboxylic acids is 1. The lowest BCUT2D eigenvalue weighted by molar-refractivity contribution is -0.120. The number of rotatable bonds is 9. The first kappa shape index (κ1) is 27.7. The molecule has 1 fully saturated rings. The van der Waals surface area contributed by atoms with Crippen LogP contribution in [0.15, 0.2) is 29.8 Å².